The van der Waals surface area contributed by atoms with E-state index in [1.165, 1.54) is 0 Å². The molecule has 1 aliphatic rings. The Hall–Kier alpha value is -2.12. The van der Waals surface area contributed by atoms with Gasteiger partial charge in [0.05, 0.1) is 12.0 Å². The summed E-state index contributed by atoms with van der Waals surface area (Å²) in [4.78, 5) is 50.6. The van der Waals surface area contributed by atoms with Gasteiger partial charge in [0.2, 0.25) is 5.91 Å². The fourth-order valence-electron chi connectivity index (χ4n) is 3.12. The van der Waals surface area contributed by atoms with E-state index in [9.17, 15) is 24.3 Å². The number of Topliss-reactive ketones (excluding diaryl/α,β-unsaturated/α-hetero) is 1. The van der Waals surface area contributed by atoms with Crippen LogP contribution in [0.25, 0.3) is 0 Å². The molecule has 2 amide bonds. The van der Waals surface area contributed by atoms with Crippen molar-refractivity contribution in [3.05, 3.63) is 0 Å². The van der Waals surface area contributed by atoms with Gasteiger partial charge in [-0.1, -0.05) is 20.8 Å². The first kappa shape index (κ1) is 23.9. The molecule has 0 saturated carbocycles. The number of nitrogens with zero attached hydrogens (tertiary/aromatic N) is 1. The maximum atomic E-state index is 12.9. The largest absolute Gasteiger partial charge is 0.481 e. The first-order valence-electron chi connectivity index (χ1n) is 9.73. The van der Waals surface area contributed by atoms with Gasteiger partial charge in [0, 0.05) is 25.9 Å². The molecule has 1 heterocycles. The van der Waals surface area contributed by atoms with Crippen LogP contribution in [0, 0.1) is 11.3 Å². The number of carboxylic acid groups (broad SMARTS) is 1. The molecule has 8 nitrogen and oxygen atoms in total. The van der Waals surface area contributed by atoms with Crippen LogP contribution in [0.3, 0.4) is 0 Å². The number of carboxylic acids is 1. The Morgan fingerprint density at radius 2 is 1.54 bits per heavy atom. The summed E-state index contributed by atoms with van der Waals surface area (Å²) in [7, 11) is 0. The molecule has 0 aromatic heterocycles. The summed E-state index contributed by atoms with van der Waals surface area (Å²) in [6.07, 6.45) is 0.542. The van der Waals surface area contributed by atoms with Crippen LogP contribution in [0.15, 0.2) is 0 Å². The third-order valence-corrected chi connectivity index (χ3v) is 4.53. The third-order valence-electron chi connectivity index (χ3n) is 4.53. The van der Waals surface area contributed by atoms with E-state index in [1.54, 1.807) is 46.4 Å². The highest BCUT2D eigenvalue weighted by molar-refractivity contribution is 5.92. The monoisotopic (exact) mass is 398 g/mol. The molecule has 1 aliphatic heterocycles. The minimum Gasteiger partial charge on any atom is -0.481 e. The van der Waals surface area contributed by atoms with E-state index in [1.807, 2.05) is 0 Å². The van der Waals surface area contributed by atoms with E-state index in [0.717, 1.165) is 12.8 Å². The van der Waals surface area contributed by atoms with Gasteiger partial charge < -0.3 is 20.1 Å². The molecule has 0 aromatic rings. The predicted molar refractivity (Wildman–Crippen MR) is 104 cm³/mol. The summed E-state index contributed by atoms with van der Waals surface area (Å²) in [6, 6.07) is -0.925. The van der Waals surface area contributed by atoms with E-state index in [2.05, 4.69) is 5.32 Å². The summed E-state index contributed by atoms with van der Waals surface area (Å²) in [6.45, 7) is 11.7. The number of rotatable bonds is 7. The van der Waals surface area contributed by atoms with Gasteiger partial charge in [-0.2, -0.15) is 0 Å². The van der Waals surface area contributed by atoms with Crippen LogP contribution in [-0.2, 0) is 19.1 Å². The van der Waals surface area contributed by atoms with Crippen LogP contribution in [0.5, 0.6) is 0 Å². The molecule has 0 bridgehead atoms. The average molecular weight is 399 g/mol. The van der Waals surface area contributed by atoms with Crippen LogP contribution in [0.4, 0.5) is 4.79 Å². The van der Waals surface area contributed by atoms with Crippen molar-refractivity contribution in [2.24, 2.45) is 11.3 Å². The van der Waals surface area contributed by atoms with Crippen molar-refractivity contribution in [1.82, 2.24) is 10.2 Å². The Balaban J connectivity index is 2.83. The molecule has 2 N–H and O–H groups in total. The predicted octanol–water partition coefficient (Wildman–Crippen LogP) is 2.60. The number of ketones is 1. The van der Waals surface area contributed by atoms with Gasteiger partial charge in [-0.25, -0.2) is 4.79 Å². The van der Waals surface area contributed by atoms with Crippen molar-refractivity contribution >= 4 is 23.8 Å². The first-order valence-corrected chi connectivity index (χ1v) is 9.73. The third kappa shape index (κ3) is 7.86. The number of amides is 2. The molecule has 0 spiro atoms. The maximum absolute atomic E-state index is 12.9. The lowest BCUT2D eigenvalue weighted by Crippen LogP contribution is -2.51. The SMILES string of the molecule is CC(C)(C)OC(=O)N[C@H](C(=O)C[C@@H](CC(=O)N1CCCC1)C(=O)O)C(C)(C)C. The fraction of sp³-hybridized carbons (Fsp3) is 0.800. The molecule has 8 heteroatoms. The Morgan fingerprint density at radius 3 is 1.96 bits per heavy atom. The first-order chi connectivity index (χ1) is 12.7. The van der Waals surface area contributed by atoms with E-state index >= 15 is 0 Å². The quantitative estimate of drug-likeness (QED) is 0.681. The zero-order chi connectivity index (χ0) is 21.7. The molecule has 1 saturated heterocycles. The zero-order valence-corrected chi connectivity index (χ0v) is 17.8. The van der Waals surface area contributed by atoms with Crippen LogP contribution in [0.1, 0.15) is 67.2 Å². The number of carbonyl (C=O) groups is 4. The van der Waals surface area contributed by atoms with Gasteiger partial charge >= 0.3 is 12.1 Å². The average Bonchev–Trinajstić information content (AvgIpc) is 3.03. The number of ether oxygens (including phenoxy) is 1. The number of aliphatic carboxylic acids is 1. The highest BCUT2D eigenvalue weighted by Gasteiger charge is 2.37. The molecule has 0 aromatic carbocycles. The van der Waals surface area contributed by atoms with Crippen LogP contribution < -0.4 is 5.32 Å². The van der Waals surface area contributed by atoms with Crippen molar-refractivity contribution in [3.63, 3.8) is 0 Å². The second kappa shape index (κ2) is 9.39. The van der Waals surface area contributed by atoms with Crippen molar-refractivity contribution in [2.45, 2.75) is 78.9 Å². The number of hydrogen-bond acceptors (Lipinski definition) is 5. The number of carbonyl (C=O) groups excluding carboxylic acids is 3. The maximum Gasteiger partial charge on any atom is 0.408 e. The number of likely N-dealkylation sites (tertiary alicyclic amines) is 1. The molecule has 0 unspecified atom stereocenters. The summed E-state index contributed by atoms with van der Waals surface area (Å²) >= 11 is 0. The van der Waals surface area contributed by atoms with Crippen molar-refractivity contribution in [2.75, 3.05) is 13.1 Å². The Morgan fingerprint density at radius 1 is 1.00 bits per heavy atom. The second-order valence-corrected chi connectivity index (χ2v) is 9.44. The summed E-state index contributed by atoms with van der Waals surface area (Å²) in [5.74, 6) is -2.98. The number of hydrogen-bond donors (Lipinski definition) is 2. The second-order valence-electron chi connectivity index (χ2n) is 9.44. The molecule has 1 rings (SSSR count). The van der Waals surface area contributed by atoms with Crippen LogP contribution >= 0.6 is 0 Å². The smallest absolute Gasteiger partial charge is 0.408 e. The Kier molecular flexibility index (Phi) is 8.02. The summed E-state index contributed by atoms with van der Waals surface area (Å²) in [5.41, 5.74) is -1.36. The minimum atomic E-state index is -1.19. The number of nitrogens with one attached hydrogen (secondary N) is 1. The van der Waals surface area contributed by atoms with Crippen molar-refractivity contribution < 1.29 is 29.0 Å². The van der Waals surface area contributed by atoms with E-state index < -0.39 is 40.8 Å². The Labute approximate surface area is 167 Å². The molecular weight excluding hydrogens is 364 g/mol. The van der Waals surface area contributed by atoms with E-state index in [0.29, 0.717) is 13.1 Å². The van der Waals surface area contributed by atoms with Crippen molar-refractivity contribution in [1.29, 1.82) is 0 Å². The standard InChI is InChI=1S/C20H34N2O6/c1-19(2,3)16(21-18(27)28-20(4,5)6)14(23)11-13(17(25)26)12-15(24)22-9-7-8-10-22/h13,16H,7-12H2,1-6H3,(H,21,27)(H,25,26)/t13-,16+/m0/s1. The molecular formula is C20H34N2O6. The van der Waals surface area contributed by atoms with Gasteiger partial charge in [0.15, 0.2) is 5.78 Å². The Bertz CT molecular complexity index is 597. The lowest BCUT2D eigenvalue weighted by Gasteiger charge is -2.32. The van der Waals surface area contributed by atoms with Crippen LogP contribution in [-0.4, -0.2) is 58.5 Å². The van der Waals surface area contributed by atoms with Gasteiger partial charge in [-0.05, 0) is 39.0 Å². The highest BCUT2D eigenvalue weighted by Crippen LogP contribution is 2.24. The highest BCUT2D eigenvalue weighted by atomic mass is 16.6. The molecule has 1 fully saturated rings. The molecule has 2 atom stereocenters. The topological polar surface area (TPSA) is 113 Å². The fourth-order valence-corrected chi connectivity index (χ4v) is 3.12. The lowest BCUT2D eigenvalue weighted by molar-refractivity contribution is -0.147. The summed E-state index contributed by atoms with van der Waals surface area (Å²) in [5, 5.41) is 12.1. The van der Waals surface area contributed by atoms with Gasteiger partial charge in [0.1, 0.15) is 5.60 Å². The van der Waals surface area contributed by atoms with Gasteiger partial charge in [-0.3, -0.25) is 14.4 Å². The van der Waals surface area contributed by atoms with Crippen molar-refractivity contribution in [3.8, 4) is 0 Å². The minimum absolute atomic E-state index is 0.218. The van der Waals surface area contributed by atoms with Gasteiger partial charge in [-0.15, -0.1) is 0 Å². The molecule has 160 valence electrons. The number of alkyl carbamates (subject to hydrolysis) is 1. The molecule has 0 radical (unpaired) electrons. The van der Waals surface area contributed by atoms with Crippen LogP contribution in [0.2, 0.25) is 0 Å². The van der Waals surface area contributed by atoms with E-state index in [-0.39, 0.29) is 18.7 Å². The van der Waals surface area contributed by atoms with Gasteiger partial charge in [0.25, 0.3) is 0 Å². The lowest BCUT2D eigenvalue weighted by atomic mass is 9.81. The zero-order valence-electron chi connectivity index (χ0n) is 17.8. The molecule has 28 heavy (non-hydrogen) atoms. The van der Waals surface area contributed by atoms with E-state index in [4.69, 9.17) is 4.74 Å². The molecule has 0 aliphatic carbocycles. The summed E-state index contributed by atoms with van der Waals surface area (Å²) < 4.78 is 5.22. The normalized spacial score (nSPS) is 17.0.